The first-order valence-corrected chi connectivity index (χ1v) is 6.35. The number of hydrogen-bond acceptors (Lipinski definition) is 3. The van der Waals surface area contributed by atoms with E-state index in [1.165, 1.54) is 6.42 Å². The number of fused-ring (bicyclic) bond motifs is 1. The number of piperidine rings is 1. The maximum absolute atomic E-state index is 12.5. The fourth-order valence-corrected chi connectivity index (χ4v) is 2.43. The van der Waals surface area contributed by atoms with Crippen LogP contribution in [0.2, 0.25) is 0 Å². The number of para-hydroxylation sites is 1. The van der Waals surface area contributed by atoms with Crippen LogP contribution >= 0.6 is 0 Å². The van der Waals surface area contributed by atoms with Gasteiger partial charge in [0.15, 0.2) is 0 Å². The highest BCUT2D eigenvalue weighted by Crippen LogP contribution is 2.18. The number of amides is 1. The van der Waals surface area contributed by atoms with Crippen molar-refractivity contribution in [3.05, 3.63) is 36.2 Å². The summed E-state index contributed by atoms with van der Waals surface area (Å²) in [7, 11) is 0. The van der Waals surface area contributed by atoms with Gasteiger partial charge >= 0.3 is 0 Å². The lowest BCUT2D eigenvalue weighted by Gasteiger charge is -2.26. The topological polar surface area (TPSA) is 46.1 Å². The van der Waals surface area contributed by atoms with Crippen molar-refractivity contribution in [1.82, 2.24) is 14.9 Å². The van der Waals surface area contributed by atoms with Crippen LogP contribution < -0.4 is 0 Å². The standard InChI is InChI=1S/C14H15N3O/c18-14(17-9-2-1-3-10-17)11-5-4-6-12-13(11)16-8-7-15-12/h4-8H,1-3,9-10H2. The van der Waals surface area contributed by atoms with E-state index in [0.717, 1.165) is 31.4 Å². The molecule has 2 aromatic rings. The molecule has 1 amide bonds. The first kappa shape index (κ1) is 11.1. The Hall–Kier alpha value is -1.97. The Morgan fingerprint density at radius 3 is 2.67 bits per heavy atom. The fraction of sp³-hybridized carbons (Fsp3) is 0.357. The van der Waals surface area contributed by atoms with Gasteiger partial charge in [-0.1, -0.05) is 6.07 Å². The summed E-state index contributed by atoms with van der Waals surface area (Å²) in [6.07, 6.45) is 6.70. The van der Waals surface area contributed by atoms with Gasteiger partial charge in [-0.3, -0.25) is 14.8 Å². The lowest BCUT2D eigenvalue weighted by atomic mass is 10.1. The van der Waals surface area contributed by atoms with Crippen molar-refractivity contribution < 1.29 is 4.79 Å². The molecule has 3 rings (SSSR count). The minimum absolute atomic E-state index is 0.0841. The molecule has 1 aromatic carbocycles. The molecule has 0 saturated carbocycles. The molecule has 4 heteroatoms. The van der Waals surface area contributed by atoms with Crippen LogP contribution in [0, 0.1) is 0 Å². The van der Waals surface area contributed by atoms with E-state index in [9.17, 15) is 4.79 Å². The highest BCUT2D eigenvalue weighted by molar-refractivity contribution is 6.04. The van der Waals surface area contributed by atoms with Crippen molar-refractivity contribution >= 4 is 16.9 Å². The monoisotopic (exact) mass is 241 g/mol. The Morgan fingerprint density at radius 2 is 1.83 bits per heavy atom. The molecular weight excluding hydrogens is 226 g/mol. The summed E-state index contributed by atoms with van der Waals surface area (Å²) in [5.74, 6) is 0.0841. The second kappa shape index (κ2) is 4.72. The molecule has 0 N–H and O–H groups in total. The van der Waals surface area contributed by atoms with Crippen molar-refractivity contribution in [2.75, 3.05) is 13.1 Å². The van der Waals surface area contributed by atoms with E-state index in [1.807, 2.05) is 23.1 Å². The third-order valence-electron chi connectivity index (χ3n) is 3.37. The Morgan fingerprint density at radius 1 is 1.06 bits per heavy atom. The quantitative estimate of drug-likeness (QED) is 0.769. The van der Waals surface area contributed by atoms with Gasteiger partial charge in [0.2, 0.25) is 0 Å². The Balaban J connectivity index is 2.00. The molecule has 1 aliphatic heterocycles. The fourth-order valence-electron chi connectivity index (χ4n) is 2.43. The highest BCUT2D eigenvalue weighted by Gasteiger charge is 2.20. The highest BCUT2D eigenvalue weighted by atomic mass is 16.2. The number of aromatic nitrogens is 2. The Labute approximate surface area is 106 Å². The van der Waals surface area contributed by atoms with Crippen molar-refractivity contribution in [3.63, 3.8) is 0 Å². The van der Waals surface area contributed by atoms with Crippen LogP contribution in [-0.4, -0.2) is 33.9 Å². The van der Waals surface area contributed by atoms with E-state index in [0.29, 0.717) is 11.1 Å². The molecule has 0 bridgehead atoms. The van der Waals surface area contributed by atoms with E-state index < -0.39 is 0 Å². The molecule has 92 valence electrons. The minimum atomic E-state index is 0.0841. The number of hydrogen-bond donors (Lipinski definition) is 0. The summed E-state index contributed by atoms with van der Waals surface area (Å²) in [6.45, 7) is 1.71. The van der Waals surface area contributed by atoms with Gasteiger partial charge in [-0.2, -0.15) is 0 Å². The molecule has 1 aliphatic rings. The van der Waals surface area contributed by atoms with Crippen LogP contribution in [0.15, 0.2) is 30.6 Å². The summed E-state index contributed by atoms with van der Waals surface area (Å²) in [4.78, 5) is 22.9. The molecular formula is C14H15N3O. The average Bonchev–Trinajstić information content (AvgIpc) is 2.47. The molecule has 0 radical (unpaired) electrons. The lowest BCUT2D eigenvalue weighted by molar-refractivity contribution is 0.0726. The van der Waals surface area contributed by atoms with Crippen LogP contribution in [0.4, 0.5) is 0 Å². The van der Waals surface area contributed by atoms with Crippen LogP contribution in [-0.2, 0) is 0 Å². The van der Waals surface area contributed by atoms with Gasteiger partial charge in [0.25, 0.3) is 5.91 Å². The van der Waals surface area contributed by atoms with Crippen LogP contribution in [0.3, 0.4) is 0 Å². The van der Waals surface area contributed by atoms with E-state index in [2.05, 4.69) is 9.97 Å². The zero-order chi connectivity index (χ0) is 12.4. The molecule has 0 atom stereocenters. The van der Waals surface area contributed by atoms with Crippen molar-refractivity contribution in [1.29, 1.82) is 0 Å². The number of likely N-dealkylation sites (tertiary alicyclic amines) is 1. The van der Waals surface area contributed by atoms with Crippen molar-refractivity contribution in [2.24, 2.45) is 0 Å². The predicted octanol–water partition coefficient (Wildman–Crippen LogP) is 2.26. The van der Waals surface area contributed by atoms with Gasteiger partial charge in [0.1, 0.15) is 5.52 Å². The predicted molar refractivity (Wildman–Crippen MR) is 69.3 cm³/mol. The van der Waals surface area contributed by atoms with Gasteiger partial charge in [-0.25, -0.2) is 0 Å². The van der Waals surface area contributed by atoms with Crippen LogP contribution in [0.25, 0.3) is 11.0 Å². The summed E-state index contributed by atoms with van der Waals surface area (Å²) < 4.78 is 0. The normalized spacial score (nSPS) is 15.9. The number of benzene rings is 1. The van der Waals surface area contributed by atoms with E-state index in [1.54, 1.807) is 12.4 Å². The second-order valence-electron chi connectivity index (χ2n) is 4.58. The zero-order valence-corrected chi connectivity index (χ0v) is 10.2. The smallest absolute Gasteiger partial charge is 0.256 e. The number of carbonyl (C=O) groups excluding carboxylic acids is 1. The molecule has 0 aliphatic carbocycles. The Kier molecular flexibility index (Phi) is 2.92. The first-order chi connectivity index (χ1) is 8.86. The van der Waals surface area contributed by atoms with Gasteiger partial charge in [0, 0.05) is 25.5 Å². The molecule has 0 spiro atoms. The van der Waals surface area contributed by atoms with Gasteiger partial charge in [-0.05, 0) is 31.4 Å². The number of nitrogens with zero attached hydrogens (tertiary/aromatic N) is 3. The van der Waals surface area contributed by atoms with Crippen LogP contribution in [0.5, 0.6) is 0 Å². The van der Waals surface area contributed by atoms with E-state index >= 15 is 0 Å². The average molecular weight is 241 g/mol. The maximum atomic E-state index is 12.5. The summed E-state index contributed by atoms with van der Waals surface area (Å²) in [5, 5.41) is 0. The molecule has 2 heterocycles. The van der Waals surface area contributed by atoms with E-state index in [4.69, 9.17) is 0 Å². The lowest BCUT2D eigenvalue weighted by Crippen LogP contribution is -2.35. The molecule has 1 fully saturated rings. The molecule has 4 nitrogen and oxygen atoms in total. The van der Waals surface area contributed by atoms with Gasteiger partial charge in [-0.15, -0.1) is 0 Å². The second-order valence-corrected chi connectivity index (χ2v) is 4.58. The molecule has 0 unspecified atom stereocenters. The zero-order valence-electron chi connectivity index (χ0n) is 10.2. The summed E-state index contributed by atoms with van der Waals surface area (Å²) in [6, 6.07) is 5.59. The third-order valence-corrected chi connectivity index (χ3v) is 3.37. The van der Waals surface area contributed by atoms with Gasteiger partial charge in [0.05, 0.1) is 11.1 Å². The number of rotatable bonds is 1. The van der Waals surface area contributed by atoms with E-state index in [-0.39, 0.29) is 5.91 Å². The molecule has 1 aromatic heterocycles. The van der Waals surface area contributed by atoms with Crippen LogP contribution in [0.1, 0.15) is 29.6 Å². The van der Waals surface area contributed by atoms with Gasteiger partial charge < -0.3 is 4.90 Å². The molecule has 1 saturated heterocycles. The SMILES string of the molecule is O=C(c1cccc2nccnc12)N1CCCCC1. The third kappa shape index (κ3) is 1.94. The Bertz CT molecular complexity index is 571. The maximum Gasteiger partial charge on any atom is 0.256 e. The van der Waals surface area contributed by atoms with Crippen molar-refractivity contribution in [3.8, 4) is 0 Å². The summed E-state index contributed by atoms with van der Waals surface area (Å²) in [5.41, 5.74) is 2.15. The largest absolute Gasteiger partial charge is 0.339 e. The number of carbonyl (C=O) groups is 1. The first-order valence-electron chi connectivity index (χ1n) is 6.35. The summed E-state index contributed by atoms with van der Waals surface area (Å²) >= 11 is 0. The minimum Gasteiger partial charge on any atom is -0.339 e. The molecule has 18 heavy (non-hydrogen) atoms. The van der Waals surface area contributed by atoms with Crippen molar-refractivity contribution in [2.45, 2.75) is 19.3 Å².